The van der Waals surface area contributed by atoms with Gasteiger partial charge in [0.2, 0.25) is 0 Å². The zero-order valence-corrected chi connectivity index (χ0v) is 11.7. The maximum absolute atomic E-state index is 12.0. The van der Waals surface area contributed by atoms with Crippen molar-refractivity contribution in [3.8, 4) is 0 Å². The first-order chi connectivity index (χ1) is 7.96. The summed E-state index contributed by atoms with van der Waals surface area (Å²) in [6, 6.07) is 0. The lowest BCUT2D eigenvalue weighted by molar-refractivity contribution is 0.0914. The van der Waals surface area contributed by atoms with Crippen LogP contribution in [-0.4, -0.2) is 17.9 Å². The topological polar surface area (TPSA) is 39.2 Å². The number of aromatic nitrogens is 1. The highest BCUT2D eigenvalue weighted by molar-refractivity contribution is 7.14. The van der Waals surface area contributed by atoms with Crippen LogP contribution in [0.5, 0.6) is 0 Å². The van der Waals surface area contributed by atoms with Gasteiger partial charge < -0.3 is 4.74 Å². The molecule has 0 bridgehead atoms. The highest BCUT2D eigenvalue weighted by Gasteiger charge is 2.34. The number of nitrogens with zero attached hydrogens (tertiary/aromatic N) is 1. The average molecular weight is 253 g/mol. The average Bonchev–Trinajstić information content (AvgIpc) is 2.61. The Labute approximate surface area is 106 Å². The lowest BCUT2D eigenvalue weighted by atomic mass is 9.78. The van der Waals surface area contributed by atoms with E-state index in [-0.39, 0.29) is 17.3 Å². The molecule has 4 heteroatoms. The van der Waals surface area contributed by atoms with Crippen LogP contribution in [-0.2, 0) is 11.2 Å². The van der Waals surface area contributed by atoms with E-state index in [9.17, 15) is 4.79 Å². The molecule has 0 aromatic carbocycles. The van der Waals surface area contributed by atoms with Gasteiger partial charge in [0.15, 0.2) is 5.78 Å². The molecule has 0 radical (unpaired) electrons. The molecule has 1 unspecified atom stereocenters. The number of thiazole rings is 1. The molecule has 0 N–H and O–H groups in total. The molecule has 17 heavy (non-hydrogen) atoms. The predicted octanol–water partition coefficient (Wildman–Crippen LogP) is 3.40. The fourth-order valence-corrected chi connectivity index (χ4v) is 3.50. The molecule has 1 aliphatic carbocycles. The fourth-order valence-electron chi connectivity index (χ4n) is 2.32. The van der Waals surface area contributed by atoms with E-state index in [1.165, 1.54) is 11.3 Å². The Balaban J connectivity index is 2.36. The van der Waals surface area contributed by atoms with Gasteiger partial charge in [-0.3, -0.25) is 4.79 Å². The van der Waals surface area contributed by atoms with E-state index in [0.717, 1.165) is 28.4 Å². The number of ether oxygens (including phenoxy) is 1. The third-order valence-electron chi connectivity index (χ3n) is 3.18. The van der Waals surface area contributed by atoms with E-state index < -0.39 is 0 Å². The molecule has 0 fully saturated rings. The van der Waals surface area contributed by atoms with E-state index in [1.807, 2.05) is 0 Å². The standard InChI is InChI=1S/C13H19NO2S/c1-5-10(16-4)12-14-8-6-13(2,3)7-9(15)11(8)17-12/h10H,5-7H2,1-4H3. The number of carbonyl (C=O) groups excluding carboxylic acids is 1. The van der Waals surface area contributed by atoms with Crippen molar-refractivity contribution in [2.75, 3.05) is 7.11 Å². The summed E-state index contributed by atoms with van der Waals surface area (Å²) in [5.74, 6) is 0.242. The lowest BCUT2D eigenvalue weighted by Crippen LogP contribution is -2.26. The summed E-state index contributed by atoms with van der Waals surface area (Å²) in [5, 5.41) is 0.950. The van der Waals surface area contributed by atoms with Gasteiger partial charge in [-0.05, 0) is 18.3 Å². The van der Waals surface area contributed by atoms with Gasteiger partial charge in [-0.2, -0.15) is 0 Å². The first kappa shape index (κ1) is 12.7. The van der Waals surface area contributed by atoms with Crippen molar-refractivity contribution in [3.63, 3.8) is 0 Å². The summed E-state index contributed by atoms with van der Waals surface area (Å²) in [6.07, 6.45) is 2.44. The maximum Gasteiger partial charge on any atom is 0.175 e. The van der Waals surface area contributed by atoms with Gasteiger partial charge in [0, 0.05) is 13.5 Å². The fraction of sp³-hybridized carbons (Fsp3) is 0.692. The van der Waals surface area contributed by atoms with Crippen LogP contribution in [0, 0.1) is 5.41 Å². The van der Waals surface area contributed by atoms with E-state index in [2.05, 4.69) is 25.8 Å². The number of rotatable bonds is 3. The monoisotopic (exact) mass is 253 g/mol. The van der Waals surface area contributed by atoms with Crippen LogP contribution in [0.15, 0.2) is 0 Å². The van der Waals surface area contributed by atoms with Gasteiger partial charge in [0.25, 0.3) is 0 Å². The molecule has 3 nitrogen and oxygen atoms in total. The van der Waals surface area contributed by atoms with Crippen LogP contribution in [0.4, 0.5) is 0 Å². The quantitative estimate of drug-likeness (QED) is 0.828. The third kappa shape index (κ3) is 2.43. The summed E-state index contributed by atoms with van der Waals surface area (Å²) >= 11 is 1.52. The van der Waals surface area contributed by atoms with Crippen molar-refractivity contribution in [2.45, 2.75) is 46.1 Å². The molecule has 0 spiro atoms. The lowest BCUT2D eigenvalue weighted by Gasteiger charge is -2.26. The molecule has 0 amide bonds. The largest absolute Gasteiger partial charge is 0.374 e. The Morgan fingerprint density at radius 1 is 1.47 bits per heavy atom. The zero-order valence-electron chi connectivity index (χ0n) is 10.9. The van der Waals surface area contributed by atoms with Crippen LogP contribution in [0.2, 0.25) is 0 Å². The third-order valence-corrected chi connectivity index (χ3v) is 4.41. The molecular formula is C13H19NO2S. The van der Waals surface area contributed by atoms with Gasteiger partial charge in [0.1, 0.15) is 11.1 Å². The minimum absolute atomic E-state index is 0.0292. The summed E-state index contributed by atoms with van der Waals surface area (Å²) in [6.45, 7) is 6.32. The van der Waals surface area contributed by atoms with E-state index >= 15 is 0 Å². The number of fused-ring (bicyclic) bond motifs is 1. The highest BCUT2D eigenvalue weighted by Crippen LogP contribution is 2.38. The number of hydrogen-bond acceptors (Lipinski definition) is 4. The van der Waals surface area contributed by atoms with Crippen molar-refractivity contribution in [1.29, 1.82) is 0 Å². The second kappa shape index (κ2) is 4.50. The zero-order chi connectivity index (χ0) is 12.6. The van der Waals surface area contributed by atoms with Crippen molar-refractivity contribution >= 4 is 17.1 Å². The van der Waals surface area contributed by atoms with Crippen LogP contribution in [0.25, 0.3) is 0 Å². The first-order valence-corrected chi connectivity index (χ1v) is 6.84. The first-order valence-electron chi connectivity index (χ1n) is 6.02. The summed E-state index contributed by atoms with van der Waals surface area (Å²) in [4.78, 5) is 17.5. The van der Waals surface area contributed by atoms with Gasteiger partial charge in [-0.25, -0.2) is 4.98 Å². The minimum atomic E-state index is 0.0292. The number of hydrogen-bond donors (Lipinski definition) is 0. The molecule has 1 atom stereocenters. The second-order valence-electron chi connectivity index (χ2n) is 5.40. The van der Waals surface area contributed by atoms with Crippen molar-refractivity contribution < 1.29 is 9.53 Å². The smallest absolute Gasteiger partial charge is 0.175 e. The molecular weight excluding hydrogens is 234 g/mol. The van der Waals surface area contributed by atoms with Gasteiger partial charge >= 0.3 is 0 Å². The van der Waals surface area contributed by atoms with Gasteiger partial charge in [-0.1, -0.05) is 20.8 Å². The molecule has 1 aromatic rings. The normalized spacial score (nSPS) is 20.1. The summed E-state index contributed by atoms with van der Waals surface area (Å²) in [5.41, 5.74) is 1.02. The maximum atomic E-state index is 12.0. The Hall–Kier alpha value is -0.740. The van der Waals surface area contributed by atoms with Crippen molar-refractivity contribution in [3.05, 3.63) is 15.6 Å². The van der Waals surface area contributed by atoms with Crippen LogP contribution in [0.3, 0.4) is 0 Å². The summed E-state index contributed by atoms with van der Waals surface area (Å²) in [7, 11) is 1.69. The molecule has 2 rings (SSSR count). The SMILES string of the molecule is CCC(OC)c1nc2c(s1)C(=O)CC(C)(C)C2. The Kier molecular flexibility index (Phi) is 3.36. The van der Waals surface area contributed by atoms with Crippen molar-refractivity contribution in [1.82, 2.24) is 4.98 Å². The van der Waals surface area contributed by atoms with Gasteiger partial charge in [0.05, 0.1) is 10.6 Å². The predicted molar refractivity (Wildman–Crippen MR) is 68.6 cm³/mol. The Morgan fingerprint density at radius 3 is 2.76 bits per heavy atom. The van der Waals surface area contributed by atoms with E-state index in [4.69, 9.17) is 4.74 Å². The molecule has 0 saturated carbocycles. The van der Waals surface area contributed by atoms with Crippen LogP contribution in [0.1, 0.15) is 60.1 Å². The van der Waals surface area contributed by atoms with Gasteiger partial charge in [-0.15, -0.1) is 11.3 Å². The number of carbonyl (C=O) groups is 1. The van der Waals surface area contributed by atoms with E-state index in [0.29, 0.717) is 6.42 Å². The molecule has 94 valence electrons. The Morgan fingerprint density at radius 2 is 2.18 bits per heavy atom. The number of ketones is 1. The summed E-state index contributed by atoms with van der Waals surface area (Å²) < 4.78 is 5.39. The molecule has 1 aromatic heterocycles. The molecule has 0 aliphatic heterocycles. The minimum Gasteiger partial charge on any atom is -0.374 e. The Bertz CT molecular complexity index is 433. The van der Waals surface area contributed by atoms with Crippen molar-refractivity contribution in [2.24, 2.45) is 5.41 Å². The highest BCUT2D eigenvalue weighted by atomic mass is 32.1. The molecule has 0 saturated heterocycles. The van der Waals surface area contributed by atoms with Crippen LogP contribution < -0.4 is 0 Å². The van der Waals surface area contributed by atoms with E-state index in [1.54, 1.807) is 7.11 Å². The number of methoxy groups -OCH3 is 1. The number of Topliss-reactive ketones (excluding diaryl/α,β-unsaturated/α-hetero) is 1. The molecule has 1 heterocycles. The molecule has 1 aliphatic rings. The van der Waals surface area contributed by atoms with Crippen LogP contribution >= 0.6 is 11.3 Å². The second-order valence-corrected chi connectivity index (χ2v) is 6.43.